The van der Waals surface area contributed by atoms with Crippen molar-refractivity contribution >= 4 is 45.1 Å². The van der Waals surface area contributed by atoms with Crippen LogP contribution in [-0.2, 0) is 24.3 Å². The quantitative estimate of drug-likeness (QED) is 0.422. The highest BCUT2D eigenvalue weighted by molar-refractivity contribution is 8.00. The average Bonchev–Trinajstić information content (AvgIpc) is 2.75. The van der Waals surface area contributed by atoms with Crippen LogP contribution in [0.25, 0.3) is 0 Å². The highest BCUT2D eigenvalue weighted by Crippen LogP contribution is 2.25. The van der Waals surface area contributed by atoms with E-state index in [0.29, 0.717) is 10.6 Å². The first-order valence-electron chi connectivity index (χ1n) is 10.1. The summed E-state index contributed by atoms with van der Waals surface area (Å²) in [6.07, 6.45) is 0. The Morgan fingerprint density at radius 3 is 2.33 bits per heavy atom. The lowest BCUT2D eigenvalue weighted by Gasteiger charge is -2.16. The van der Waals surface area contributed by atoms with Gasteiger partial charge in [0.1, 0.15) is 0 Å². The number of ether oxygens (including phenoxy) is 1. The lowest BCUT2D eigenvalue weighted by molar-refractivity contribution is -0.129. The van der Waals surface area contributed by atoms with Crippen LogP contribution in [0, 0.1) is 5.41 Å². The van der Waals surface area contributed by atoms with Gasteiger partial charge in [-0.1, -0.05) is 39.0 Å². The van der Waals surface area contributed by atoms with Gasteiger partial charge in [0.05, 0.1) is 16.2 Å². The van der Waals surface area contributed by atoms with Gasteiger partial charge in [-0.15, -0.1) is 11.8 Å². The molecule has 0 radical (unpaired) electrons. The summed E-state index contributed by atoms with van der Waals surface area (Å²) in [6.45, 7) is 4.92. The first-order chi connectivity index (χ1) is 15.3. The Balaban J connectivity index is 2.03. The van der Waals surface area contributed by atoms with Crippen LogP contribution in [0.15, 0.2) is 58.3 Å². The summed E-state index contributed by atoms with van der Waals surface area (Å²) in [5.74, 6) is -1.22. The summed E-state index contributed by atoms with van der Waals surface area (Å²) in [7, 11) is -0.767. The second kappa shape index (κ2) is 11.0. The Hall–Kier alpha value is -2.69. The maximum Gasteiger partial charge on any atom is 0.339 e. The normalized spacial score (nSPS) is 11.8. The molecule has 2 aromatic carbocycles. The van der Waals surface area contributed by atoms with Gasteiger partial charge in [0.15, 0.2) is 12.4 Å². The zero-order chi connectivity index (χ0) is 24.8. The van der Waals surface area contributed by atoms with E-state index >= 15 is 0 Å². The summed E-state index contributed by atoms with van der Waals surface area (Å²) in [5, 5.41) is 2.67. The van der Waals surface area contributed by atoms with Crippen LogP contribution in [0.4, 0.5) is 5.69 Å². The number of sulfonamides is 1. The van der Waals surface area contributed by atoms with Crippen molar-refractivity contribution in [2.45, 2.75) is 30.6 Å². The second-order valence-electron chi connectivity index (χ2n) is 8.40. The van der Waals surface area contributed by atoms with E-state index in [9.17, 15) is 22.8 Å². The van der Waals surface area contributed by atoms with E-state index in [2.05, 4.69) is 5.32 Å². The van der Waals surface area contributed by atoms with Crippen LogP contribution in [-0.4, -0.2) is 56.8 Å². The molecule has 2 aromatic rings. The van der Waals surface area contributed by atoms with Gasteiger partial charge in [-0.3, -0.25) is 9.59 Å². The van der Waals surface area contributed by atoms with Crippen LogP contribution in [0.5, 0.6) is 0 Å². The van der Waals surface area contributed by atoms with Gasteiger partial charge in [0.25, 0.3) is 0 Å². The number of carbonyl (C=O) groups is 3. The van der Waals surface area contributed by atoms with Crippen molar-refractivity contribution in [1.82, 2.24) is 4.31 Å². The molecule has 2 rings (SSSR count). The molecule has 0 heterocycles. The monoisotopic (exact) mass is 492 g/mol. The lowest BCUT2D eigenvalue weighted by Crippen LogP contribution is -2.26. The minimum Gasteiger partial charge on any atom is -0.454 e. The zero-order valence-corrected chi connectivity index (χ0v) is 20.9. The predicted molar refractivity (Wildman–Crippen MR) is 128 cm³/mol. The van der Waals surface area contributed by atoms with Crippen molar-refractivity contribution in [2.24, 2.45) is 5.41 Å². The smallest absolute Gasteiger partial charge is 0.339 e. The number of carbonyl (C=O) groups excluding carboxylic acids is 3. The van der Waals surface area contributed by atoms with Crippen molar-refractivity contribution in [3.05, 3.63) is 54.1 Å². The molecule has 0 aliphatic heterocycles. The molecule has 0 saturated carbocycles. The van der Waals surface area contributed by atoms with E-state index in [1.807, 2.05) is 0 Å². The van der Waals surface area contributed by atoms with Crippen molar-refractivity contribution in [1.29, 1.82) is 0 Å². The fourth-order valence-electron chi connectivity index (χ4n) is 2.47. The molecule has 10 heteroatoms. The Kier molecular flexibility index (Phi) is 8.82. The highest BCUT2D eigenvalue weighted by Gasteiger charge is 2.23. The number of hydrogen-bond acceptors (Lipinski definition) is 7. The molecule has 0 spiro atoms. The predicted octanol–water partition coefficient (Wildman–Crippen LogP) is 3.44. The van der Waals surface area contributed by atoms with Gasteiger partial charge in [-0.2, -0.15) is 0 Å². The van der Waals surface area contributed by atoms with E-state index in [4.69, 9.17) is 4.74 Å². The number of esters is 1. The molecular weight excluding hydrogens is 464 g/mol. The third-order valence-electron chi connectivity index (χ3n) is 4.53. The molecule has 8 nitrogen and oxygen atoms in total. The Morgan fingerprint density at radius 2 is 1.70 bits per heavy atom. The topological polar surface area (TPSA) is 110 Å². The van der Waals surface area contributed by atoms with Crippen molar-refractivity contribution in [3.63, 3.8) is 0 Å². The molecule has 1 amide bonds. The number of ketones is 1. The molecule has 0 bridgehead atoms. The maximum atomic E-state index is 12.5. The minimum absolute atomic E-state index is 0.0180. The van der Waals surface area contributed by atoms with Crippen molar-refractivity contribution < 1.29 is 27.5 Å². The van der Waals surface area contributed by atoms with Crippen molar-refractivity contribution in [2.75, 3.05) is 31.8 Å². The summed E-state index contributed by atoms with van der Waals surface area (Å²) < 4.78 is 30.8. The van der Waals surface area contributed by atoms with Gasteiger partial charge >= 0.3 is 5.97 Å². The molecule has 0 unspecified atom stereocenters. The van der Waals surface area contributed by atoms with Crippen LogP contribution < -0.4 is 5.32 Å². The fraction of sp³-hybridized carbons (Fsp3) is 0.348. The summed E-state index contributed by atoms with van der Waals surface area (Å²) >= 11 is 1.13. The number of hydrogen-bond donors (Lipinski definition) is 1. The molecule has 1 N–H and O–H groups in total. The van der Waals surface area contributed by atoms with Crippen LogP contribution >= 0.6 is 11.8 Å². The van der Waals surface area contributed by atoms with Crippen molar-refractivity contribution in [3.8, 4) is 0 Å². The van der Waals surface area contributed by atoms with E-state index in [-0.39, 0.29) is 34.5 Å². The molecule has 0 aliphatic carbocycles. The van der Waals surface area contributed by atoms with Gasteiger partial charge in [0, 0.05) is 30.1 Å². The molecule has 0 aliphatic rings. The van der Waals surface area contributed by atoms with Gasteiger partial charge in [0.2, 0.25) is 15.9 Å². The highest BCUT2D eigenvalue weighted by atomic mass is 32.2. The number of anilines is 1. The Labute approximate surface area is 198 Å². The van der Waals surface area contributed by atoms with Gasteiger partial charge in [-0.25, -0.2) is 17.5 Å². The first-order valence-corrected chi connectivity index (χ1v) is 12.5. The molecule has 33 heavy (non-hydrogen) atoms. The van der Waals surface area contributed by atoms with Crippen LogP contribution in [0.3, 0.4) is 0 Å². The molecule has 0 atom stereocenters. The SMILES string of the molecule is CN(C)S(=O)(=O)c1cccc(NC(=O)CSc2ccccc2C(=O)OCC(=O)C(C)(C)C)c1. The largest absolute Gasteiger partial charge is 0.454 e. The molecular formula is C23H28N2O6S2. The average molecular weight is 493 g/mol. The number of rotatable bonds is 9. The maximum absolute atomic E-state index is 12.5. The first kappa shape index (κ1) is 26.6. The number of nitrogens with zero attached hydrogens (tertiary/aromatic N) is 1. The number of thioether (sulfide) groups is 1. The summed E-state index contributed by atoms with van der Waals surface area (Å²) in [5.41, 5.74) is -0.0106. The third kappa shape index (κ3) is 7.41. The fourth-order valence-corrected chi connectivity index (χ4v) is 4.26. The standard InChI is InChI=1S/C23H28N2O6S2/c1-23(2,3)20(26)14-31-22(28)18-11-6-7-12-19(18)32-15-21(27)24-16-9-8-10-17(13-16)33(29,30)25(4)5/h6-13H,14-15H2,1-5H3,(H,24,27). The lowest BCUT2D eigenvalue weighted by atomic mass is 9.91. The molecule has 0 aromatic heterocycles. The Bertz CT molecular complexity index is 1140. The number of benzene rings is 2. The molecule has 0 saturated heterocycles. The summed E-state index contributed by atoms with van der Waals surface area (Å²) in [4.78, 5) is 37.5. The zero-order valence-electron chi connectivity index (χ0n) is 19.2. The molecule has 178 valence electrons. The minimum atomic E-state index is -3.63. The van der Waals surface area contributed by atoms with Gasteiger partial charge in [-0.05, 0) is 30.3 Å². The number of Topliss-reactive ketones (excluding diaryl/α,β-unsaturated/α-hetero) is 1. The van der Waals surface area contributed by atoms with E-state index in [1.54, 1.807) is 57.2 Å². The van der Waals surface area contributed by atoms with E-state index in [1.165, 1.54) is 26.2 Å². The molecule has 0 fully saturated rings. The Morgan fingerprint density at radius 1 is 1.03 bits per heavy atom. The van der Waals surface area contributed by atoms with Crippen LogP contribution in [0.1, 0.15) is 31.1 Å². The van der Waals surface area contributed by atoms with Crippen LogP contribution in [0.2, 0.25) is 0 Å². The van der Waals surface area contributed by atoms with E-state index in [0.717, 1.165) is 16.1 Å². The number of amides is 1. The van der Waals surface area contributed by atoms with Gasteiger partial charge < -0.3 is 10.1 Å². The summed E-state index contributed by atoms with van der Waals surface area (Å²) in [6, 6.07) is 12.6. The van der Waals surface area contributed by atoms with E-state index < -0.39 is 21.4 Å². The number of nitrogens with one attached hydrogen (secondary N) is 1. The second-order valence-corrected chi connectivity index (χ2v) is 11.6. The third-order valence-corrected chi connectivity index (χ3v) is 7.42.